The van der Waals surface area contributed by atoms with E-state index in [0.717, 1.165) is 69.8 Å². The van der Waals surface area contributed by atoms with Crippen LogP contribution >= 0.6 is 12.2 Å². The fourth-order valence-electron chi connectivity index (χ4n) is 3.15. The van der Waals surface area contributed by atoms with Crippen molar-refractivity contribution in [2.75, 3.05) is 66.2 Å². The predicted molar refractivity (Wildman–Crippen MR) is 99.0 cm³/mol. The van der Waals surface area contributed by atoms with Crippen molar-refractivity contribution in [2.24, 2.45) is 0 Å². The number of hydrogen-bond acceptors (Lipinski definition) is 6. The first kappa shape index (κ1) is 17.7. The molecule has 132 valence electrons. The van der Waals surface area contributed by atoms with Crippen molar-refractivity contribution >= 4 is 17.2 Å². The largest absolute Gasteiger partial charge is 0.379 e. The Morgan fingerprint density at radius 1 is 1.21 bits per heavy atom. The monoisotopic (exact) mass is 349 g/mol. The van der Waals surface area contributed by atoms with Crippen molar-refractivity contribution in [3.63, 3.8) is 0 Å². The van der Waals surface area contributed by atoms with Crippen LogP contribution in [0.4, 0.5) is 0 Å². The number of piperazine rings is 1. The molecule has 1 aromatic rings. The van der Waals surface area contributed by atoms with Gasteiger partial charge in [0.15, 0.2) is 0 Å². The molecule has 0 saturated carbocycles. The minimum Gasteiger partial charge on any atom is -0.379 e. The minimum absolute atomic E-state index is 0.0518. The maximum Gasteiger partial charge on any atom is 0.103 e. The van der Waals surface area contributed by atoms with Gasteiger partial charge in [-0.05, 0) is 19.2 Å². The Kier molecular flexibility index (Phi) is 6.51. The lowest BCUT2D eigenvalue weighted by atomic mass is 10.1. The Labute approximate surface area is 149 Å². The number of rotatable bonds is 5. The highest BCUT2D eigenvalue weighted by molar-refractivity contribution is 7.80. The molecule has 3 heterocycles. The van der Waals surface area contributed by atoms with Crippen LogP contribution < -0.4 is 5.32 Å². The molecule has 0 bridgehead atoms. The molecule has 2 aliphatic rings. The smallest absolute Gasteiger partial charge is 0.103 e. The molecule has 3 rings (SSSR count). The van der Waals surface area contributed by atoms with Crippen LogP contribution in [0.25, 0.3) is 0 Å². The Balaban J connectivity index is 1.65. The molecule has 2 aliphatic heterocycles. The highest BCUT2D eigenvalue weighted by Gasteiger charge is 2.28. The molecule has 0 aromatic carbocycles. The SMILES string of the molecule is CN1CCN(C(C(=S)NCN2CCOCC2)c2ccccn2)CC1. The number of ether oxygens (including phenoxy) is 1. The van der Waals surface area contributed by atoms with Gasteiger partial charge in [0.1, 0.15) is 6.04 Å². The third-order valence-corrected chi connectivity index (χ3v) is 5.07. The number of nitrogens with zero attached hydrogens (tertiary/aromatic N) is 4. The van der Waals surface area contributed by atoms with Crippen LogP contribution in [0, 0.1) is 0 Å². The second-order valence-corrected chi connectivity index (χ2v) is 6.87. The molecule has 1 aromatic heterocycles. The van der Waals surface area contributed by atoms with Crippen LogP contribution in [-0.2, 0) is 4.74 Å². The first-order chi connectivity index (χ1) is 11.7. The molecule has 2 fully saturated rings. The number of thiocarbonyl (C=S) groups is 1. The normalized spacial score (nSPS) is 22.2. The Morgan fingerprint density at radius 2 is 1.96 bits per heavy atom. The predicted octanol–water partition coefficient (Wildman–Crippen LogP) is 0.577. The molecule has 7 heteroatoms. The van der Waals surface area contributed by atoms with Crippen LogP contribution in [0.15, 0.2) is 24.4 Å². The molecule has 0 spiro atoms. The van der Waals surface area contributed by atoms with Crippen molar-refractivity contribution in [1.29, 1.82) is 0 Å². The van der Waals surface area contributed by atoms with Crippen molar-refractivity contribution < 1.29 is 4.74 Å². The van der Waals surface area contributed by atoms with E-state index in [1.165, 1.54) is 0 Å². The summed E-state index contributed by atoms with van der Waals surface area (Å²) in [5.74, 6) is 0. The number of hydrogen-bond donors (Lipinski definition) is 1. The third-order valence-electron chi connectivity index (χ3n) is 4.70. The van der Waals surface area contributed by atoms with Gasteiger partial charge >= 0.3 is 0 Å². The molecule has 1 N–H and O–H groups in total. The maximum absolute atomic E-state index is 5.77. The molecule has 1 unspecified atom stereocenters. The molecule has 1 atom stereocenters. The molecule has 0 aliphatic carbocycles. The van der Waals surface area contributed by atoms with Crippen molar-refractivity contribution in [2.45, 2.75) is 6.04 Å². The highest BCUT2D eigenvalue weighted by atomic mass is 32.1. The van der Waals surface area contributed by atoms with Gasteiger partial charge < -0.3 is 15.0 Å². The number of aromatic nitrogens is 1. The van der Waals surface area contributed by atoms with Crippen LogP contribution in [0.2, 0.25) is 0 Å². The summed E-state index contributed by atoms with van der Waals surface area (Å²) in [5, 5.41) is 3.47. The van der Waals surface area contributed by atoms with E-state index in [4.69, 9.17) is 17.0 Å². The van der Waals surface area contributed by atoms with E-state index in [-0.39, 0.29) is 6.04 Å². The fraction of sp³-hybridized carbons (Fsp3) is 0.647. The van der Waals surface area contributed by atoms with Gasteiger partial charge in [-0.15, -0.1) is 0 Å². The van der Waals surface area contributed by atoms with E-state index >= 15 is 0 Å². The molecule has 24 heavy (non-hydrogen) atoms. The lowest BCUT2D eigenvalue weighted by Gasteiger charge is -2.38. The van der Waals surface area contributed by atoms with Gasteiger partial charge in [-0.1, -0.05) is 18.3 Å². The first-order valence-electron chi connectivity index (χ1n) is 8.65. The zero-order valence-corrected chi connectivity index (χ0v) is 15.2. The zero-order valence-electron chi connectivity index (χ0n) is 14.4. The topological polar surface area (TPSA) is 43.9 Å². The number of nitrogens with one attached hydrogen (secondary N) is 1. The quantitative estimate of drug-likeness (QED) is 0.780. The fourth-order valence-corrected chi connectivity index (χ4v) is 3.49. The number of morpholine rings is 1. The van der Waals surface area contributed by atoms with Crippen molar-refractivity contribution in [3.05, 3.63) is 30.1 Å². The number of pyridine rings is 1. The first-order valence-corrected chi connectivity index (χ1v) is 9.06. The standard InChI is InChI=1S/C17H27N5OS/c1-20-6-8-22(9-7-20)16(15-4-2-3-5-18-15)17(24)19-14-21-10-12-23-13-11-21/h2-5,16H,6-14H2,1H3,(H,19,24). The second kappa shape index (κ2) is 8.82. The molecular formula is C17H27N5OS. The summed E-state index contributed by atoms with van der Waals surface area (Å²) in [6, 6.07) is 6.12. The summed E-state index contributed by atoms with van der Waals surface area (Å²) in [5.41, 5.74) is 1.03. The van der Waals surface area contributed by atoms with Crippen LogP contribution in [-0.4, -0.2) is 90.9 Å². The summed E-state index contributed by atoms with van der Waals surface area (Å²) < 4.78 is 5.40. The zero-order chi connectivity index (χ0) is 16.8. The summed E-state index contributed by atoms with van der Waals surface area (Å²) in [6.07, 6.45) is 1.85. The summed E-state index contributed by atoms with van der Waals surface area (Å²) in [7, 11) is 2.17. The van der Waals surface area contributed by atoms with E-state index in [0.29, 0.717) is 0 Å². The number of likely N-dealkylation sites (N-methyl/N-ethyl adjacent to an activating group) is 1. The Hall–Kier alpha value is -1.12. The third kappa shape index (κ3) is 4.70. The van der Waals surface area contributed by atoms with Crippen LogP contribution in [0.1, 0.15) is 11.7 Å². The van der Waals surface area contributed by atoms with Crippen molar-refractivity contribution in [3.8, 4) is 0 Å². The van der Waals surface area contributed by atoms with Crippen LogP contribution in [0.5, 0.6) is 0 Å². The molecule has 0 radical (unpaired) electrons. The van der Waals surface area contributed by atoms with Gasteiger partial charge in [0.25, 0.3) is 0 Å². The van der Waals surface area contributed by atoms with Gasteiger partial charge in [0, 0.05) is 45.5 Å². The molecule has 6 nitrogen and oxygen atoms in total. The average molecular weight is 350 g/mol. The van der Waals surface area contributed by atoms with Gasteiger partial charge in [-0.2, -0.15) is 0 Å². The summed E-state index contributed by atoms with van der Waals surface area (Å²) in [6.45, 7) is 8.45. The Morgan fingerprint density at radius 3 is 2.62 bits per heavy atom. The Bertz CT molecular complexity index is 515. The summed E-state index contributed by atoms with van der Waals surface area (Å²) in [4.78, 5) is 12.6. The van der Waals surface area contributed by atoms with E-state index in [2.05, 4.69) is 38.1 Å². The second-order valence-electron chi connectivity index (χ2n) is 6.43. The highest BCUT2D eigenvalue weighted by Crippen LogP contribution is 2.21. The van der Waals surface area contributed by atoms with Gasteiger partial charge in [-0.25, -0.2) is 0 Å². The lowest BCUT2D eigenvalue weighted by Crippen LogP contribution is -2.51. The minimum atomic E-state index is 0.0518. The maximum atomic E-state index is 5.77. The van der Waals surface area contributed by atoms with Gasteiger partial charge in [0.05, 0.1) is 30.6 Å². The van der Waals surface area contributed by atoms with Crippen molar-refractivity contribution in [1.82, 2.24) is 25.0 Å². The molecule has 0 amide bonds. The van der Waals surface area contributed by atoms with E-state index in [1.54, 1.807) is 0 Å². The lowest BCUT2D eigenvalue weighted by molar-refractivity contribution is 0.0364. The molecule has 2 saturated heterocycles. The average Bonchev–Trinajstić information content (AvgIpc) is 2.64. The van der Waals surface area contributed by atoms with Gasteiger partial charge in [-0.3, -0.25) is 14.8 Å². The van der Waals surface area contributed by atoms with E-state index in [1.807, 2.05) is 18.3 Å². The van der Waals surface area contributed by atoms with E-state index < -0.39 is 0 Å². The summed E-state index contributed by atoms with van der Waals surface area (Å²) >= 11 is 5.77. The van der Waals surface area contributed by atoms with Gasteiger partial charge in [0.2, 0.25) is 0 Å². The van der Waals surface area contributed by atoms with Crippen LogP contribution in [0.3, 0.4) is 0 Å². The molecular weight excluding hydrogens is 322 g/mol. The van der Waals surface area contributed by atoms with E-state index in [9.17, 15) is 0 Å².